The number of nitrogens with zero attached hydrogens (tertiary/aromatic N) is 2. The Kier molecular flexibility index (Phi) is 3.67. The summed E-state index contributed by atoms with van der Waals surface area (Å²) in [6.07, 6.45) is 0.415. The average Bonchev–Trinajstić information content (AvgIpc) is 3.34. The van der Waals surface area contributed by atoms with Crippen LogP contribution >= 0.6 is 0 Å². The summed E-state index contributed by atoms with van der Waals surface area (Å²) < 4.78 is 5.67. The van der Waals surface area contributed by atoms with Crippen molar-refractivity contribution in [2.24, 2.45) is 17.8 Å². The first kappa shape index (κ1) is 17.1. The molecule has 6 heteroatoms. The molecular weight excluding hydrogens is 356 g/mol. The quantitative estimate of drug-likeness (QED) is 0.609. The van der Waals surface area contributed by atoms with E-state index in [1.807, 2.05) is 36.4 Å². The number of anilines is 2. The first-order valence-corrected chi connectivity index (χ1v) is 9.43. The van der Waals surface area contributed by atoms with Crippen molar-refractivity contribution < 1.29 is 19.1 Å². The molecule has 2 aromatic carbocycles. The number of imide groups is 1. The molecule has 1 saturated carbocycles. The van der Waals surface area contributed by atoms with Gasteiger partial charge in [0.05, 0.1) is 30.0 Å². The van der Waals surface area contributed by atoms with Gasteiger partial charge in [0.2, 0.25) is 17.7 Å². The van der Waals surface area contributed by atoms with E-state index in [1.165, 1.54) is 4.90 Å². The predicted molar refractivity (Wildman–Crippen MR) is 103 cm³/mol. The largest absolute Gasteiger partial charge is 0.369 e. The van der Waals surface area contributed by atoms with Gasteiger partial charge in [-0.25, -0.2) is 4.90 Å². The van der Waals surface area contributed by atoms with Gasteiger partial charge in [0.15, 0.2) is 0 Å². The molecule has 2 saturated heterocycles. The Morgan fingerprint density at radius 1 is 1.04 bits per heavy atom. The van der Waals surface area contributed by atoms with Crippen LogP contribution in [0.15, 0.2) is 60.7 Å². The Balaban J connectivity index is 1.50. The lowest BCUT2D eigenvalue weighted by molar-refractivity contribution is -0.129. The van der Waals surface area contributed by atoms with E-state index in [0.29, 0.717) is 18.7 Å². The Morgan fingerprint density at radius 3 is 2.25 bits per heavy atom. The summed E-state index contributed by atoms with van der Waals surface area (Å²) in [5.74, 6) is -2.52. The second kappa shape index (κ2) is 6.01. The smallest absolute Gasteiger partial charge is 0.240 e. The minimum atomic E-state index is -0.672. The Hall–Kier alpha value is -2.99. The normalized spacial score (nSPS) is 30.6. The molecule has 3 fully saturated rings. The molecule has 3 aliphatic rings. The van der Waals surface area contributed by atoms with Crippen LogP contribution in [0.5, 0.6) is 0 Å². The first-order chi connectivity index (χ1) is 13.5. The molecule has 6 nitrogen and oxygen atoms in total. The van der Waals surface area contributed by atoms with Crippen LogP contribution in [0.25, 0.3) is 0 Å². The third kappa shape index (κ3) is 2.34. The summed E-state index contributed by atoms with van der Waals surface area (Å²) in [5, 5.41) is 0. The molecule has 3 amide bonds. The number of amides is 3. The van der Waals surface area contributed by atoms with Gasteiger partial charge in [-0.2, -0.15) is 0 Å². The Bertz CT molecular complexity index is 955. The van der Waals surface area contributed by atoms with Crippen LogP contribution in [0.2, 0.25) is 0 Å². The summed E-state index contributed by atoms with van der Waals surface area (Å²) in [6.45, 7) is 0.425. The van der Waals surface area contributed by atoms with E-state index in [-0.39, 0.29) is 17.7 Å². The van der Waals surface area contributed by atoms with Crippen LogP contribution in [0.3, 0.4) is 0 Å². The highest BCUT2D eigenvalue weighted by molar-refractivity contribution is 6.24. The summed E-state index contributed by atoms with van der Waals surface area (Å²) in [4.78, 5) is 42.5. The van der Waals surface area contributed by atoms with Crippen molar-refractivity contribution in [3.63, 3.8) is 0 Å². The van der Waals surface area contributed by atoms with Gasteiger partial charge in [-0.1, -0.05) is 36.4 Å². The molecule has 0 N–H and O–H groups in total. The molecule has 1 aliphatic carbocycles. The third-order valence-electron chi connectivity index (χ3n) is 6.24. The fraction of sp³-hybridized carbons (Fsp3) is 0.318. The average molecular weight is 376 g/mol. The molecule has 2 unspecified atom stereocenters. The topological polar surface area (TPSA) is 70.2 Å². The number of hydrogen-bond donors (Lipinski definition) is 0. The van der Waals surface area contributed by atoms with Gasteiger partial charge < -0.3 is 9.64 Å². The van der Waals surface area contributed by atoms with Gasteiger partial charge in [0, 0.05) is 12.7 Å². The van der Waals surface area contributed by atoms with Gasteiger partial charge in [-0.3, -0.25) is 14.4 Å². The van der Waals surface area contributed by atoms with E-state index in [1.54, 1.807) is 36.2 Å². The van der Waals surface area contributed by atoms with E-state index in [9.17, 15) is 14.4 Å². The molecule has 4 atom stereocenters. The predicted octanol–water partition coefficient (Wildman–Crippen LogP) is 2.24. The Morgan fingerprint density at radius 2 is 1.64 bits per heavy atom. The molecule has 0 radical (unpaired) electrons. The third-order valence-corrected chi connectivity index (χ3v) is 6.24. The van der Waals surface area contributed by atoms with Gasteiger partial charge in [-0.15, -0.1) is 0 Å². The zero-order valence-corrected chi connectivity index (χ0v) is 15.4. The van der Waals surface area contributed by atoms with E-state index in [0.717, 1.165) is 5.69 Å². The van der Waals surface area contributed by atoms with Crippen molar-refractivity contribution in [3.8, 4) is 0 Å². The molecule has 142 valence electrons. The fourth-order valence-electron chi connectivity index (χ4n) is 4.77. The highest BCUT2D eigenvalue weighted by Gasteiger charge is 2.72. The second-order valence-electron chi connectivity index (χ2n) is 7.75. The van der Waals surface area contributed by atoms with Crippen LogP contribution in [-0.2, 0) is 19.1 Å². The van der Waals surface area contributed by atoms with Gasteiger partial charge in [0.25, 0.3) is 0 Å². The van der Waals surface area contributed by atoms with Crippen LogP contribution < -0.4 is 9.80 Å². The minimum absolute atomic E-state index is 0.148. The van der Waals surface area contributed by atoms with Crippen LogP contribution in [0.1, 0.15) is 6.42 Å². The summed E-state index contributed by atoms with van der Waals surface area (Å²) in [7, 11) is 1.71. The van der Waals surface area contributed by atoms with Crippen LogP contribution in [0.4, 0.5) is 11.4 Å². The number of fused-ring (bicyclic) bond motifs is 2. The van der Waals surface area contributed by atoms with Gasteiger partial charge in [-0.05, 0) is 30.7 Å². The van der Waals surface area contributed by atoms with E-state index in [2.05, 4.69) is 0 Å². The minimum Gasteiger partial charge on any atom is -0.369 e. The fourth-order valence-corrected chi connectivity index (χ4v) is 4.77. The number of carbonyl (C=O) groups is 3. The molecule has 0 aromatic heterocycles. The highest BCUT2D eigenvalue weighted by atomic mass is 16.6. The van der Waals surface area contributed by atoms with Crippen molar-refractivity contribution in [2.75, 3.05) is 23.5 Å². The lowest BCUT2D eigenvalue weighted by atomic mass is 9.89. The summed E-state index contributed by atoms with van der Waals surface area (Å²) >= 11 is 0. The summed E-state index contributed by atoms with van der Waals surface area (Å²) in [6, 6.07) is 18.2. The molecule has 2 heterocycles. The zero-order chi connectivity index (χ0) is 19.5. The number of epoxide rings is 1. The van der Waals surface area contributed by atoms with Crippen LogP contribution in [-0.4, -0.2) is 37.0 Å². The SMILES string of the molecule is CN(C(=O)[C@H]1C[C@@]2(CO2)C2C(=O)N(c3ccccc3)C(=O)C21)c1ccccc1. The van der Waals surface area contributed by atoms with Crippen molar-refractivity contribution in [1.82, 2.24) is 0 Å². The molecule has 28 heavy (non-hydrogen) atoms. The molecule has 0 bridgehead atoms. The van der Waals surface area contributed by atoms with Crippen molar-refractivity contribution >= 4 is 29.1 Å². The maximum atomic E-state index is 13.3. The molecule has 2 aromatic rings. The first-order valence-electron chi connectivity index (χ1n) is 9.43. The monoisotopic (exact) mass is 376 g/mol. The van der Waals surface area contributed by atoms with Gasteiger partial charge >= 0.3 is 0 Å². The highest BCUT2D eigenvalue weighted by Crippen LogP contribution is 2.58. The molecule has 5 rings (SSSR count). The molecule has 2 aliphatic heterocycles. The standard InChI is InChI=1S/C22H20N2O4/c1-23(14-8-4-2-5-9-14)19(25)16-12-22(13-28-22)18-17(16)20(26)24(21(18)27)15-10-6-3-7-11-15/h2-11,16-18H,12-13H2,1H3/t16-,17?,18?,22+/m0/s1. The maximum absolute atomic E-state index is 13.3. The van der Waals surface area contributed by atoms with E-state index in [4.69, 9.17) is 4.74 Å². The number of carbonyl (C=O) groups excluding carboxylic acids is 3. The number of benzene rings is 2. The van der Waals surface area contributed by atoms with Crippen molar-refractivity contribution in [2.45, 2.75) is 12.0 Å². The number of rotatable bonds is 3. The number of ether oxygens (including phenoxy) is 1. The summed E-state index contributed by atoms with van der Waals surface area (Å²) in [5.41, 5.74) is 0.641. The van der Waals surface area contributed by atoms with E-state index >= 15 is 0 Å². The van der Waals surface area contributed by atoms with Crippen molar-refractivity contribution in [3.05, 3.63) is 60.7 Å². The van der Waals surface area contributed by atoms with E-state index < -0.39 is 23.4 Å². The van der Waals surface area contributed by atoms with Gasteiger partial charge in [0.1, 0.15) is 5.60 Å². The Labute approximate surface area is 162 Å². The lowest BCUT2D eigenvalue weighted by Gasteiger charge is -2.24. The number of hydrogen-bond acceptors (Lipinski definition) is 4. The van der Waals surface area contributed by atoms with Crippen LogP contribution in [0, 0.1) is 17.8 Å². The lowest BCUT2D eigenvalue weighted by Crippen LogP contribution is -2.39. The maximum Gasteiger partial charge on any atom is 0.240 e. The zero-order valence-electron chi connectivity index (χ0n) is 15.4. The molecular formula is C22H20N2O4. The second-order valence-corrected chi connectivity index (χ2v) is 7.75. The molecule has 1 spiro atoms. The number of para-hydroxylation sites is 2. The van der Waals surface area contributed by atoms with Crippen molar-refractivity contribution in [1.29, 1.82) is 0 Å².